The van der Waals surface area contributed by atoms with E-state index in [0.29, 0.717) is 17.4 Å². The number of fused-ring (bicyclic) bond motifs is 2. The van der Waals surface area contributed by atoms with Crippen LogP contribution in [-0.4, -0.2) is 40.6 Å². The van der Waals surface area contributed by atoms with Gasteiger partial charge >= 0.3 is 5.97 Å². The lowest BCUT2D eigenvalue weighted by molar-refractivity contribution is -0.131. The summed E-state index contributed by atoms with van der Waals surface area (Å²) in [6.45, 7) is 2.33. The first-order valence-corrected chi connectivity index (χ1v) is 15.0. The minimum atomic E-state index is -1.01. The number of nitrogens with zero attached hydrogens (tertiary/aromatic N) is 1. The number of guanidine groups is 1. The number of aryl methyl sites for hydroxylation is 1. The summed E-state index contributed by atoms with van der Waals surface area (Å²) in [6.07, 6.45) is 12.4. The largest absolute Gasteiger partial charge is 0.478 e. The Morgan fingerprint density at radius 2 is 1.90 bits per heavy atom. The van der Waals surface area contributed by atoms with E-state index in [1.54, 1.807) is 0 Å². The maximum atomic E-state index is 11.9. The van der Waals surface area contributed by atoms with Crippen molar-refractivity contribution in [3.63, 3.8) is 0 Å². The SMILES string of the molecule is CCCC[C@H](N)CCC[C@H]1c2cc3ccccc3cc2CC[C@@H]1C[C@@H](Nc1ccc[nH]1)/C(=C/C(=O)O)CN=C(N)N. The van der Waals surface area contributed by atoms with Gasteiger partial charge in [0.25, 0.3) is 0 Å². The number of aliphatic imine (C=N–C) groups is 1. The van der Waals surface area contributed by atoms with E-state index in [9.17, 15) is 9.90 Å². The molecular weight excluding hydrogens is 512 g/mol. The van der Waals surface area contributed by atoms with E-state index >= 15 is 0 Å². The van der Waals surface area contributed by atoms with Crippen molar-refractivity contribution in [1.82, 2.24) is 4.98 Å². The fraction of sp³-hybridized carbons (Fsp3) is 0.455. The third-order valence-corrected chi connectivity index (χ3v) is 8.45. The molecule has 0 radical (unpaired) electrons. The first-order valence-electron chi connectivity index (χ1n) is 15.0. The van der Waals surface area contributed by atoms with Gasteiger partial charge in [-0.1, -0.05) is 62.6 Å². The van der Waals surface area contributed by atoms with Gasteiger partial charge in [-0.15, -0.1) is 0 Å². The van der Waals surface area contributed by atoms with Gasteiger partial charge in [-0.05, 0) is 90.0 Å². The summed E-state index contributed by atoms with van der Waals surface area (Å²) in [4.78, 5) is 19.2. The van der Waals surface area contributed by atoms with Crippen LogP contribution in [0.25, 0.3) is 10.8 Å². The molecule has 0 saturated carbocycles. The van der Waals surface area contributed by atoms with Gasteiger partial charge in [0.2, 0.25) is 0 Å². The van der Waals surface area contributed by atoms with Crippen LogP contribution >= 0.6 is 0 Å². The number of aliphatic carboxylic acids is 1. The molecule has 2 aromatic carbocycles. The Balaban J connectivity index is 1.65. The van der Waals surface area contributed by atoms with Gasteiger partial charge in [-0.2, -0.15) is 0 Å². The standard InChI is InChI=1S/C33H46N6O2/c1-2-3-10-27(34)11-6-12-28-25(15-14-24-17-22-8-4-5-9-23(22)18-29(24)28)19-30(39-31-13-7-16-37-31)26(20-32(40)41)21-38-33(35)36/h4-5,7-9,13,16-18,20,25,27-28,30,37,39H,2-3,6,10-12,14-15,19,21,34H2,1H3,(H,40,41)(H4,35,36,38)/b26-20+/t25-,27+,28-,30-/m1/s1. The maximum absolute atomic E-state index is 11.9. The Morgan fingerprint density at radius 1 is 1.15 bits per heavy atom. The number of hydrogen-bond donors (Lipinski definition) is 6. The number of benzene rings is 2. The lowest BCUT2D eigenvalue weighted by Gasteiger charge is -2.37. The van der Waals surface area contributed by atoms with E-state index in [0.717, 1.165) is 50.8 Å². The predicted molar refractivity (Wildman–Crippen MR) is 169 cm³/mol. The summed E-state index contributed by atoms with van der Waals surface area (Å²) < 4.78 is 0. The number of carboxylic acid groups (broad SMARTS) is 1. The van der Waals surface area contributed by atoms with E-state index in [-0.39, 0.29) is 24.6 Å². The molecule has 0 saturated heterocycles. The van der Waals surface area contributed by atoms with Crippen molar-refractivity contribution < 1.29 is 9.90 Å². The van der Waals surface area contributed by atoms with Crippen molar-refractivity contribution in [2.24, 2.45) is 28.1 Å². The van der Waals surface area contributed by atoms with Crippen molar-refractivity contribution >= 4 is 28.5 Å². The highest BCUT2D eigenvalue weighted by Crippen LogP contribution is 2.44. The summed E-state index contributed by atoms with van der Waals surface area (Å²) in [5.74, 6) is 0.456. The van der Waals surface area contributed by atoms with Crippen LogP contribution < -0.4 is 22.5 Å². The quantitative estimate of drug-likeness (QED) is 0.0803. The number of anilines is 1. The third-order valence-electron chi connectivity index (χ3n) is 8.45. The Bertz CT molecular complexity index is 1330. The topological polar surface area (TPSA) is 156 Å². The molecule has 220 valence electrons. The third kappa shape index (κ3) is 8.60. The fourth-order valence-corrected chi connectivity index (χ4v) is 6.36. The second kappa shape index (κ2) is 14.7. The zero-order valence-electron chi connectivity index (χ0n) is 24.2. The average molecular weight is 559 g/mol. The van der Waals surface area contributed by atoms with E-state index in [1.807, 2.05) is 18.3 Å². The zero-order chi connectivity index (χ0) is 29.2. The number of unbranched alkanes of at least 4 members (excludes halogenated alkanes) is 1. The molecule has 41 heavy (non-hydrogen) atoms. The lowest BCUT2D eigenvalue weighted by Crippen LogP contribution is -2.32. The summed E-state index contributed by atoms with van der Waals surface area (Å²) >= 11 is 0. The number of nitrogens with one attached hydrogen (secondary N) is 2. The molecule has 4 rings (SSSR count). The zero-order valence-corrected chi connectivity index (χ0v) is 24.2. The van der Waals surface area contributed by atoms with Crippen molar-refractivity contribution in [3.05, 3.63) is 77.5 Å². The highest BCUT2D eigenvalue weighted by Gasteiger charge is 2.33. The van der Waals surface area contributed by atoms with E-state index < -0.39 is 5.97 Å². The molecule has 4 atom stereocenters. The summed E-state index contributed by atoms with van der Waals surface area (Å²) in [7, 11) is 0. The van der Waals surface area contributed by atoms with Crippen LogP contribution in [0.1, 0.15) is 75.3 Å². The van der Waals surface area contributed by atoms with Gasteiger partial charge in [0.05, 0.1) is 12.6 Å². The molecule has 9 N–H and O–H groups in total. The normalized spacial score (nSPS) is 18.4. The molecular formula is C33H46N6O2. The number of H-pyrrole nitrogens is 1. The van der Waals surface area contributed by atoms with E-state index in [4.69, 9.17) is 17.2 Å². The number of rotatable bonds is 15. The van der Waals surface area contributed by atoms with Crippen LogP contribution in [0.3, 0.4) is 0 Å². The van der Waals surface area contributed by atoms with Crippen LogP contribution in [0.2, 0.25) is 0 Å². The monoisotopic (exact) mass is 558 g/mol. The highest BCUT2D eigenvalue weighted by molar-refractivity contribution is 5.84. The highest BCUT2D eigenvalue weighted by atomic mass is 16.4. The number of aromatic nitrogens is 1. The molecule has 0 spiro atoms. The molecule has 1 aromatic heterocycles. The number of aromatic amines is 1. The van der Waals surface area contributed by atoms with Gasteiger partial charge in [-0.3, -0.25) is 0 Å². The predicted octanol–water partition coefficient (Wildman–Crippen LogP) is 5.66. The summed E-state index contributed by atoms with van der Waals surface area (Å²) in [5.41, 5.74) is 21.2. The molecule has 0 unspecified atom stereocenters. The summed E-state index contributed by atoms with van der Waals surface area (Å²) in [6, 6.07) is 17.2. The second-order valence-corrected chi connectivity index (χ2v) is 11.5. The van der Waals surface area contributed by atoms with Crippen molar-refractivity contribution in [2.45, 2.75) is 82.7 Å². The number of hydrogen-bond acceptors (Lipinski definition) is 4. The molecule has 0 fully saturated rings. The number of carbonyl (C=O) groups is 1. The van der Waals surface area contributed by atoms with E-state index in [2.05, 4.69) is 58.6 Å². The maximum Gasteiger partial charge on any atom is 0.328 e. The molecule has 8 heteroatoms. The molecule has 1 aliphatic rings. The molecule has 8 nitrogen and oxygen atoms in total. The van der Waals surface area contributed by atoms with Gasteiger partial charge in [0.15, 0.2) is 5.96 Å². The van der Waals surface area contributed by atoms with Crippen LogP contribution in [0, 0.1) is 5.92 Å². The van der Waals surface area contributed by atoms with Crippen LogP contribution in [0.5, 0.6) is 0 Å². The number of carboxylic acids is 1. The molecule has 1 aliphatic carbocycles. The average Bonchev–Trinajstić information content (AvgIpc) is 3.46. The minimum Gasteiger partial charge on any atom is -0.478 e. The smallest absolute Gasteiger partial charge is 0.328 e. The Morgan fingerprint density at radius 3 is 2.59 bits per heavy atom. The Labute approximate surface area is 243 Å². The van der Waals surface area contributed by atoms with Crippen LogP contribution in [0.15, 0.2) is 71.4 Å². The molecule has 3 aromatic rings. The molecule has 0 bridgehead atoms. The first kappa shape index (κ1) is 30.2. The lowest BCUT2D eigenvalue weighted by atomic mass is 9.69. The van der Waals surface area contributed by atoms with E-state index in [1.165, 1.54) is 40.8 Å². The second-order valence-electron chi connectivity index (χ2n) is 11.5. The van der Waals surface area contributed by atoms with Crippen LogP contribution in [0.4, 0.5) is 5.82 Å². The number of nitrogens with two attached hydrogens (primary N) is 3. The van der Waals surface area contributed by atoms with Crippen molar-refractivity contribution in [2.75, 3.05) is 11.9 Å². The summed E-state index contributed by atoms with van der Waals surface area (Å²) in [5, 5.41) is 15.8. The van der Waals surface area contributed by atoms with Crippen molar-refractivity contribution in [1.29, 1.82) is 0 Å². The van der Waals surface area contributed by atoms with Crippen LogP contribution in [-0.2, 0) is 11.2 Å². The first-order chi connectivity index (χ1) is 19.8. The molecule has 1 heterocycles. The molecule has 0 aliphatic heterocycles. The Hall–Kier alpha value is -3.78. The van der Waals surface area contributed by atoms with Gasteiger partial charge in [0.1, 0.15) is 5.82 Å². The fourth-order valence-electron chi connectivity index (χ4n) is 6.36. The molecule has 0 amide bonds. The van der Waals surface area contributed by atoms with Gasteiger partial charge in [-0.25, -0.2) is 9.79 Å². The van der Waals surface area contributed by atoms with Gasteiger partial charge in [0, 0.05) is 18.3 Å². The van der Waals surface area contributed by atoms with Crippen molar-refractivity contribution in [3.8, 4) is 0 Å². The minimum absolute atomic E-state index is 0.0596. The Kier molecular flexibility index (Phi) is 10.8. The van der Waals surface area contributed by atoms with Gasteiger partial charge < -0.3 is 32.6 Å².